The molecule has 2 heterocycles. The fourth-order valence-electron chi connectivity index (χ4n) is 1.04. The molecule has 0 spiro atoms. The minimum absolute atomic E-state index is 0.311. The first-order valence-corrected chi connectivity index (χ1v) is 3.48. The number of aromatic nitrogens is 3. The van der Waals surface area contributed by atoms with Crippen molar-refractivity contribution < 1.29 is 4.52 Å². The lowest BCUT2D eigenvalue weighted by Crippen LogP contribution is -1.92. The third-order valence-corrected chi connectivity index (χ3v) is 1.61. The van der Waals surface area contributed by atoms with Gasteiger partial charge in [0.25, 0.3) is 0 Å². The second kappa shape index (κ2) is 2.37. The van der Waals surface area contributed by atoms with Crippen LogP contribution in [0.2, 0.25) is 0 Å². The minimum atomic E-state index is 0.311. The van der Waals surface area contributed by atoms with Gasteiger partial charge in [-0.25, -0.2) is 0 Å². The van der Waals surface area contributed by atoms with Crippen molar-refractivity contribution in [2.24, 2.45) is 7.05 Å². The van der Waals surface area contributed by atoms with Crippen LogP contribution in [0.1, 0.15) is 0 Å². The average molecular weight is 164 g/mol. The molecule has 5 heteroatoms. The first-order chi connectivity index (χ1) is 5.77. The third kappa shape index (κ3) is 0.952. The first-order valence-electron chi connectivity index (χ1n) is 3.48. The van der Waals surface area contributed by atoms with E-state index in [1.165, 1.54) is 0 Å². The zero-order valence-corrected chi connectivity index (χ0v) is 6.56. The number of hydrogen-bond acceptors (Lipinski definition) is 4. The predicted molar refractivity (Wildman–Crippen MR) is 43.1 cm³/mol. The van der Waals surface area contributed by atoms with Crippen LogP contribution in [0.4, 0.5) is 5.88 Å². The number of anilines is 1. The lowest BCUT2D eigenvalue weighted by atomic mass is 10.3. The summed E-state index contributed by atoms with van der Waals surface area (Å²) in [6, 6.07) is 3.51. The van der Waals surface area contributed by atoms with Gasteiger partial charge in [0, 0.05) is 19.3 Å². The zero-order chi connectivity index (χ0) is 8.55. The van der Waals surface area contributed by atoms with Crippen LogP contribution in [0, 0.1) is 0 Å². The van der Waals surface area contributed by atoms with Gasteiger partial charge < -0.3 is 10.3 Å². The molecule has 0 bridgehead atoms. The van der Waals surface area contributed by atoms with E-state index in [0.29, 0.717) is 11.6 Å². The summed E-state index contributed by atoms with van der Waals surface area (Å²) in [5.41, 5.74) is 6.96. The molecule has 0 aliphatic rings. The van der Waals surface area contributed by atoms with Gasteiger partial charge in [-0.1, -0.05) is 5.16 Å². The summed E-state index contributed by atoms with van der Waals surface area (Å²) in [6.07, 6.45) is 1.69. The van der Waals surface area contributed by atoms with Crippen molar-refractivity contribution in [1.29, 1.82) is 0 Å². The molecule has 0 radical (unpaired) electrons. The smallest absolute Gasteiger partial charge is 0.222 e. The Labute approximate surface area is 68.8 Å². The highest BCUT2D eigenvalue weighted by Crippen LogP contribution is 2.18. The summed E-state index contributed by atoms with van der Waals surface area (Å²) in [4.78, 5) is 0. The van der Waals surface area contributed by atoms with E-state index in [4.69, 9.17) is 10.3 Å². The fourth-order valence-corrected chi connectivity index (χ4v) is 1.04. The van der Waals surface area contributed by atoms with Gasteiger partial charge in [0.15, 0.2) is 0 Å². The van der Waals surface area contributed by atoms with Gasteiger partial charge in [0.2, 0.25) is 5.88 Å². The number of rotatable bonds is 1. The minimum Gasteiger partial charge on any atom is -0.368 e. The lowest BCUT2D eigenvalue weighted by molar-refractivity contribution is 0.438. The van der Waals surface area contributed by atoms with Crippen LogP contribution in [0.25, 0.3) is 11.4 Å². The summed E-state index contributed by atoms with van der Waals surface area (Å²) in [7, 11) is 1.83. The van der Waals surface area contributed by atoms with Gasteiger partial charge in [0.1, 0.15) is 5.69 Å². The van der Waals surface area contributed by atoms with Crippen LogP contribution < -0.4 is 5.73 Å². The highest BCUT2D eigenvalue weighted by molar-refractivity contribution is 5.56. The van der Waals surface area contributed by atoms with Gasteiger partial charge >= 0.3 is 0 Å². The molecule has 2 N–H and O–H groups in total. The van der Waals surface area contributed by atoms with E-state index in [1.807, 2.05) is 13.1 Å². The summed E-state index contributed by atoms with van der Waals surface area (Å²) in [6.45, 7) is 0. The molecule has 0 fully saturated rings. The first kappa shape index (κ1) is 6.90. The Morgan fingerprint density at radius 1 is 1.58 bits per heavy atom. The number of nitrogen functional groups attached to an aromatic ring is 1. The molecule has 0 saturated heterocycles. The SMILES string of the molecule is Cn1nccc1-c1cc(N)on1. The van der Waals surface area contributed by atoms with E-state index in [-0.39, 0.29) is 0 Å². The van der Waals surface area contributed by atoms with Gasteiger partial charge in [-0.05, 0) is 6.07 Å². The van der Waals surface area contributed by atoms with E-state index in [9.17, 15) is 0 Å². The van der Waals surface area contributed by atoms with Gasteiger partial charge in [-0.2, -0.15) is 5.10 Å². The molecule has 0 saturated carbocycles. The zero-order valence-electron chi connectivity index (χ0n) is 6.56. The summed E-state index contributed by atoms with van der Waals surface area (Å²) in [5, 5.41) is 7.75. The number of aryl methyl sites for hydroxylation is 1. The molecule has 0 aromatic carbocycles. The molecule has 2 aromatic rings. The van der Waals surface area contributed by atoms with Crippen LogP contribution in [0.3, 0.4) is 0 Å². The molecule has 2 aromatic heterocycles. The maximum atomic E-state index is 5.38. The van der Waals surface area contributed by atoms with Crippen LogP contribution in [-0.2, 0) is 7.05 Å². The molecular weight excluding hydrogens is 156 g/mol. The lowest BCUT2D eigenvalue weighted by Gasteiger charge is -1.93. The van der Waals surface area contributed by atoms with Crippen molar-refractivity contribution >= 4 is 5.88 Å². The van der Waals surface area contributed by atoms with E-state index in [2.05, 4.69) is 10.3 Å². The topological polar surface area (TPSA) is 69.9 Å². The van der Waals surface area contributed by atoms with Crippen LogP contribution in [0.5, 0.6) is 0 Å². The van der Waals surface area contributed by atoms with Crippen molar-refractivity contribution in [3.05, 3.63) is 18.3 Å². The van der Waals surface area contributed by atoms with Crippen molar-refractivity contribution in [3.8, 4) is 11.4 Å². The Balaban J connectivity index is 2.50. The maximum absolute atomic E-state index is 5.38. The summed E-state index contributed by atoms with van der Waals surface area (Å²) >= 11 is 0. The van der Waals surface area contributed by atoms with E-state index >= 15 is 0 Å². The van der Waals surface area contributed by atoms with Gasteiger partial charge in [0.05, 0.1) is 5.69 Å². The second-order valence-corrected chi connectivity index (χ2v) is 2.45. The quantitative estimate of drug-likeness (QED) is 0.672. The van der Waals surface area contributed by atoms with E-state index in [0.717, 1.165) is 5.69 Å². The molecule has 0 amide bonds. The van der Waals surface area contributed by atoms with Crippen molar-refractivity contribution in [1.82, 2.24) is 14.9 Å². The standard InChI is InChI=1S/C7H8N4O/c1-11-6(2-3-9-11)5-4-7(8)12-10-5/h2-4H,8H2,1H3. The fraction of sp³-hybridized carbons (Fsp3) is 0.143. The largest absolute Gasteiger partial charge is 0.368 e. The second-order valence-electron chi connectivity index (χ2n) is 2.45. The predicted octanol–water partition coefficient (Wildman–Crippen LogP) is 0.657. The Morgan fingerprint density at radius 3 is 2.92 bits per heavy atom. The van der Waals surface area contributed by atoms with Crippen molar-refractivity contribution in [3.63, 3.8) is 0 Å². The molecule has 0 unspecified atom stereocenters. The van der Waals surface area contributed by atoms with Gasteiger partial charge in [-0.15, -0.1) is 0 Å². The summed E-state index contributed by atoms with van der Waals surface area (Å²) < 4.78 is 6.44. The highest BCUT2D eigenvalue weighted by Gasteiger charge is 2.06. The molecule has 0 atom stereocenters. The van der Waals surface area contributed by atoms with Gasteiger partial charge in [-0.3, -0.25) is 4.68 Å². The monoisotopic (exact) mass is 164 g/mol. The van der Waals surface area contributed by atoms with E-state index in [1.54, 1.807) is 16.9 Å². The molecule has 0 aliphatic heterocycles. The Morgan fingerprint density at radius 2 is 2.42 bits per heavy atom. The molecule has 5 nitrogen and oxygen atoms in total. The molecule has 12 heavy (non-hydrogen) atoms. The van der Waals surface area contributed by atoms with Crippen LogP contribution >= 0.6 is 0 Å². The van der Waals surface area contributed by atoms with Crippen LogP contribution in [0.15, 0.2) is 22.9 Å². The third-order valence-electron chi connectivity index (χ3n) is 1.61. The Hall–Kier alpha value is -1.78. The number of nitrogens with two attached hydrogens (primary N) is 1. The maximum Gasteiger partial charge on any atom is 0.222 e. The normalized spacial score (nSPS) is 10.4. The average Bonchev–Trinajstić information content (AvgIpc) is 2.58. The number of hydrogen-bond donors (Lipinski definition) is 1. The number of nitrogens with zero attached hydrogens (tertiary/aromatic N) is 3. The molecule has 2 rings (SSSR count). The molecular formula is C7H8N4O. The molecule has 62 valence electrons. The highest BCUT2D eigenvalue weighted by atomic mass is 16.5. The Kier molecular flexibility index (Phi) is 1.36. The van der Waals surface area contributed by atoms with Crippen molar-refractivity contribution in [2.75, 3.05) is 5.73 Å². The Bertz CT molecular complexity index is 390. The van der Waals surface area contributed by atoms with E-state index < -0.39 is 0 Å². The van der Waals surface area contributed by atoms with Crippen LogP contribution in [-0.4, -0.2) is 14.9 Å². The summed E-state index contributed by atoms with van der Waals surface area (Å²) in [5.74, 6) is 0.311. The molecule has 0 aliphatic carbocycles. The van der Waals surface area contributed by atoms with Crippen molar-refractivity contribution in [2.45, 2.75) is 0 Å².